The number of aromatic amines is 1. The largest absolute Gasteiger partial charge is 0.366 e. The number of anilines is 1. The molecule has 2 rings (SSSR count). The van der Waals surface area contributed by atoms with Crippen LogP contribution in [-0.4, -0.2) is 52.2 Å². The van der Waals surface area contributed by atoms with Gasteiger partial charge < -0.3 is 16.0 Å². The van der Waals surface area contributed by atoms with E-state index in [9.17, 15) is 4.79 Å². The summed E-state index contributed by atoms with van der Waals surface area (Å²) < 4.78 is 0. The van der Waals surface area contributed by atoms with E-state index >= 15 is 0 Å². The first-order valence-electron chi connectivity index (χ1n) is 6.37. The molecule has 0 unspecified atom stereocenters. The summed E-state index contributed by atoms with van der Waals surface area (Å²) in [6.45, 7) is 6.21. The van der Waals surface area contributed by atoms with Crippen LogP contribution in [0.3, 0.4) is 0 Å². The number of likely N-dealkylation sites (tertiary alicyclic amines) is 1. The minimum atomic E-state index is -0.239. The van der Waals surface area contributed by atoms with Crippen molar-refractivity contribution in [2.75, 3.05) is 31.9 Å². The summed E-state index contributed by atoms with van der Waals surface area (Å²) in [5, 5.41) is 9.00. The molecule has 1 aliphatic rings. The second kappa shape index (κ2) is 5.81. The maximum absolute atomic E-state index is 11.7. The molecule has 4 N–H and O–H groups in total. The fraction of sp³-hybridized carbons (Fsp3) is 0.727. The number of nitrogens with two attached hydrogens (primary N) is 1. The number of carbonyl (C=O) groups is 1. The maximum Gasteiger partial charge on any atom is 0.288 e. The molecule has 7 heteroatoms. The molecule has 0 spiro atoms. The van der Waals surface area contributed by atoms with Crippen LogP contribution in [-0.2, 0) is 0 Å². The monoisotopic (exact) mass is 252 g/mol. The predicted octanol–water partition coefficient (Wildman–Crippen LogP) is -0.151. The Bertz CT molecular complexity index is 396. The Morgan fingerprint density at radius 3 is 2.83 bits per heavy atom. The number of piperidine rings is 1. The van der Waals surface area contributed by atoms with Crippen LogP contribution in [0.4, 0.5) is 5.95 Å². The standard InChI is InChI=1S/C11H20N6O/c1-2-17-5-3-8(4-6-17)7-13-10(18)9-14-11(12)16-15-9/h8H,2-7H2,1H3,(H,13,18)(H3,12,14,15,16). The van der Waals surface area contributed by atoms with E-state index in [2.05, 4.69) is 32.3 Å². The Morgan fingerprint density at radius 1 is 1.56 bits per heavy atom. The molecule has 1 aliphatic heterocycles. The number of hydrogen-bond donors (Lipinski definition) is 3. The molecule has 0 atom stereocenters. The van der Waals surface area contributed by atoms with Gasteiger partial charge in [-0.15, -0.1) is 5.10 Å². The Kier molecular flexibility index (Phi) is 4.14. The Hall–Kier alpha value is -1.63. The lowest BCUT2D eigenvalue weighted by molar-refractivity contribution is 0.0927. The Morgan fingerprint density at radius 2 is 2.28 bits per heavy atom. The van der Waals surface area contributed by atoms with Crippen LogP contribution < -0.4 is 11.1 Å². The van der Waals surface area contributed by atoms with Crippen LogP contribution in [0.25, 0.3) is 0 Å². The molecule has 1 fully saturated rings. The van der Waals surface area contributed by atoms with Gasteiger partial charge in [0.2, 0.25) is 11.8 Å². The number of nitrogen functional groups attached to an aromatic ring is 1. The van der Waals surface area contributed by atoms with E-state index in [4.69, 9.17) is 5.73 Å². The molecule has 100 valence electrons. The summed E-state index contributed by atoms with van der Waals surface area (Å²) >= 11 is 0. The van der Waals surface area contributed by atoms with Crippen LogP contribution in [0.1, 0.15) is 30.4 Å². The fourth-order valence-electron chi connectivity index (χ4n) is 2.20. The number of aromatic nitrogens is 3. The number of hydrogen-bond acceptors (Lipinski definition) is 5. The Balaban J connectivity index is 1.74. The minimum absolute atomic E-state index is 0.0939. The van der Waals surface area contributed by atoms with Gasteiger partial charge in [0.25, 0.3) is 5.91 Å². The second-order valence-electron chi connectivity index (χ2n) is 4.63. The third-order valence-electron chi connectivity index (χ3n) is 3.42. The van der Waals surface area contributed by atoms with Gasteiger partial charge in [-0.05, 0) is 38.4 Å². The number of nitrogens with one attached hydrogen (secondary N) is 2. The molecular formula is C11H20N6O. The number of H-pyrrole nitrogens is 1. The van der Waals surface area contributed by atoms with Crippen molar-refractivity contribution in [2.24, 2.45) is 5.92 Å². The van der Waals surface area contributed by atoms with Gasteiger partial charge in [-0.3, -0.25) is 9.89 Å². The molecule has 1 aromatic rings. The molecule has 0 aromatic carbocycles. The van der Waals surface area contributed by atoms with E-state index in [0.29, 0.717) is 12.5 Å². The molecule has 1 amide bonds. The van der Waals surface area contributed by atoms with E-state index in [1.165, 1.54) is 0 Å². The van der Waals surface area contributed by atoms with Crippen molar-refractivity contribution in [2.45, 2.75) is 19.8 Å². The number of nitrogens with zero attached hydrogens (tertiary/aromatic N) is 3. The maximum atomic E-state index is 11.7. The van der Waals surface area contributed by atoms with Gasteiger partial charge in [0.1, 0.15) is 0 Å². The van der Waals surface area contributed by atoms with Crippen LogP contribution >= 0.6 is 0 Å². The highest BCUT2D eigenvalue weighted by molar-refractivity contribution is 5.90. The second-order valence-corrected chi connectivity index (χ2v) is 4.63. The average molecular weight is 252 g/mol. The number of amides is 1. The lowest BCUT2D eigenvalue weighted by Gasteiger charge is -2.30. The highest BCUT2D eigenvalue weighted by atomic mass is 16.2. The minimum Gasteiger partial charge on any atom is -0.366 e. The first-order chi connectivity index (χ1) is 8.69. The Labute approximate surface area is 106 Å². The third kappa shape index (κ3) is 3.19. The summed E-state index contributed by atoms with van der Waals surface area (Å²) in [6, 6.07) is 0. The molecule has 0 saturated carbocycles. The van der Waals surface area contributed by atoms with Gasteiger partial charge in [0.15, 0.2) is 0 Å². The zero-order valence-electron chi connectivity index (χ0n) is 10.6. The molecule has 1 saturated heterocycles. The molecule has 18 heavy (non-hydrogen) atoms. The lowest BCUT2D eigenvalue weighted by Crippen LogP contribution is -2.38. The summed E-state index contributed by atoms with van der Waals surface area (Å²) in [6.07, 6.45) is 2.26. The van der Waals surface area contributed by atoms with Crippen LogP contribution in [0.15, 0.2) is 0 Å². The molecule has 0 aliphatic carbocycles. The van der Waals surface area contributed by atoms with Gasteiger partial charge >= 0.3 is 0 Å². The molecular weight excluding hydrogens is 232 g/mol. The van der Waals surface area contributed by atoms with Gasteiger partial charge in [-0.2, -0.15) is 4.98 Å². The van der Waals surface area contributed by atoms with E-state index < -0.39 is 0 Å². The van der Waals surface area contributed by atoms with Crippen molar-refractivity contribution in [3.63, 3.8) is 0 Å². The summed E-state index contributed by atoms with van der Waals surface area (Å²) in [7, 11) is 0. The van der Waals surface area contributed by atoms with Crippen molar-refractivity contribution in [1.29, 1.82) is 0 Å². The third-order valence-corrected chi connectivity index (χ3v) is 3.42. The van der Waals surface area contributed by atoms with Crippen molar-refractivity contribution >= 4 is 11.9 Å². The van der Waals surface area contributed by atoms with Crippen LogP contribution in [0.2, 0.25) is 0 Å². The van der Waals surface area contributed by atoms with Crippen molar-refractivity contribution in [3.8, 4) is 0 Å². The van der Waals surface area contributed by atoms with E-state index in [1.54, 1.807) is 0 Å². The van der Waals surface area contributed by atoms with Crippen molar-refractivity contribution in [1.82, 2.24) is 25.4 Å². The quantitative estimate of drug-likeness (QED) is 0.692. The first-order valence-corrected chi connectivity index (χ1v) is 6.37. The summed E-state index contributed by atoms with van der Waals surface area (Å²) in [5.74, 6) is 0.587. The normalized spacial score (nSPS) is 17.8. The fourth-order valence-corrected chi connectivity index (χ4v) is 2.20. The zero-order valence-corrected chi connectivity index (χ0v) is 10.6. The highest BCUT2D eigenvalue weighted by Gasteiger charge is 2.19. The summed E-state index contributed by atoms with van der Waals surface area (Å²) in [5.41, 5.74) is 5.35. The molecule has 0 bridgehead atoms. The van der Waals surface area contributed by atoms with Crippen LogP contribution in [0.5, 0.6) is 0 Å². The van der Waals surface area contributed by atoms with Gasteiger partial charge in [-0.1, -0.05) is 6.92 Å². The number of carbonyl (C=O) groups excluding carboxylic acids is 1. The van der Waals surface area contributed by atoms with Gasteiger partial charge in [-0.25, -0.2) is 0 Å². The van der Waals surface area contributed by atoms with Crippen molar-refractivity contribution < 1.29 is 4.79 Å². The molecule has 2 heterocycles. The molecule has 0 radical (unpaired) electrons. The SMILES string of the molecule is CCN1CCC(CNC(=O)c2nc(N)n[nH]2)CC1. The van der Waals surface area contributed by atoms with Gasteiger partial charge in [0.05, 0.1) is 0 Å². The predicted molar refractivity (Wildman–Crippen MR) is 68.0 cm³/mol. The van der Waals surface area contributed by atoms with E-state index in [0.717, 1.165) is 32.5 Å². The number of rotatable bonds is 4. The molecule has 1 aromatic heterocycles. The smallest absolute Gasteiger partial charge is 0.288 e. The molecule has 7 nitrogen and oxygen atoms in total. The van der Waals surface area contributed by atoms with Gasteiger partial charge in [0, 0.05) is 6.54 Å². The van der Waals surface area contributed by atoms with E-state index in [-0.39, 0.29) is 17.7 Å². The highest BCUT2D eigenvalue weighted by Crippen LogP contribution is 2.15. The zero-order chi connectivity index (χ0) is 13.0. The summed E-state index contributed by atoms with van der Waals surface area (Å²) in [4.78, 5) is 17.9. The van der Waals surface area contributed by atoms with E-state index in [1.807, 2.05) is 0 Å². The average Bonchev–Trinajstić information content (AvgIpc) is 2.83. The van der Waals surface area contributed by atoms with Crippen molar-refractivity contribution in [3.05, 3.63) is 5.82 Å². The van der Waals surface area contributed by atoms with Crippen LogP contribution in [0, 0.1) is 5.92 Å². The first kappa shape index (κ1) is 12.8. The topological polar surface area (TPSA) is 99.9 Å². The lowest BCUT2D eigenvalue weighted by atomic mass is 9.97.